The van der Waals surface area contributed by atoms with Crippen molar-refractivity contribution in [2.24, 2.45) is 5.92 Å². The highest BCUT2D eigenvalue weighted by atomic mass is 16.4. The Morgan fingerprint density at radius 1 is 1.39 bits per heavy atom. The number of carboxylic acid groups (broad SMARTS) is 1. The van der Waals surface area contributed by atoms with Gasteiger partial charge in [0.2, 0.25) is 5.91 Å². The van der Waals surface area contributed by atoms with Crippen molar-refractivity contribution >= 4 is 11.9 Å². The first-order valence-corrected chi connectivity index (χ1v) is 5.94. The number of nitrogens with zero attached hydrogens (tertiary/aromatic N) is 2. The molecular weight excluding hydrogens is 232 g/mol. The summed E-state index contributed by atoms with van der Waals surface area (Å²) in [7, 11) is 0. The third-order valence-corrected chi connectivity index (χ3v) is 2.69. The molecule has 5 heteroatoms. The Labute approximate surface area is 106 Å². The highest BCUT2D eigenvalue weighted by Gasteiger charge is 2.19. The SMILES string of the molecule is CCC(=O)N(Cc1ccncc1)CC(C)C(=O)O. The first-order chi connectivity index (χ1) is 8.54. The largest absolute Gasteiger partial charge is 0.481 e. The quantitative estimate of drug-likeness (QED) is 0.831. The number of aliphatic carboxylic acids is 1. The van der Waals surface area contributed by atoms with Gasteiger partial charge in [-0.05, 0) is 17.7 Å². The van der Waals surface area contributed by atoms with Crippen LogP contribution in [-0.4, -0.2) is 33.4 Å². The van der Waals surface area contributed by atoms with Crippen LogP contribution in [0, 0.1) is 5.92 Å². The van der Waals surface area contributed by atoms with Crippen molar-refractivity contribution in [1.82, 2.24) is 9.88 Å². The number of hydrogen-bond acceptors (Lipinski definition) is 3. The molecule has 1 aromatic heterocycles. The molecule has 0 saturated carbocycles. The van der Waals surface area contributed by atoms with E-state index in [0.29, 0.717) is 13.0 Å². The van der Waals surface area contributed by atoms with Crippen molar-refractivity contribution in [3.8, 4) is 0 Å². The van der Waals surface area contributed by atoms with Crippen LogP contribution in [-0.2, 0) is 16.1 Å². The van der Waals surface area contributed by atoms with E-state index in [-0.39, 0.29) is 12.5 Å². The van der Waals surface area contributed by atoms with Gasteiger partial charge in [0.1, 0.15) is 0 Å². The molecule has 1 N–H and O–H groups in total. The van der Waals surface area contributed by atoms with Crippen LogP contribution in [0.1, 0.15) is 25.8 Å². The number of aromatic nitrogens is 1. The predicted octanol–water partition coefficient (Wildman–Crippen LogP) is 1.54. The predicted molar refractivity (Wildman–Crippen MR) is 66.7 cm³/mol. The summed E-state index contributed by atoms with van der Waals surface area (Å²) in [6.45, 7) is 4.02. The fraction of sp³-hybridized carbons (Fsp3) is 0.462. The Hall–Kier alpha value is -1.91. The lowest BCUT2D eigenvalue weighted by atomic mass is 10.1. The van der Waals surface area contributed by atoms with Gasteiger partial charge in [0.15, 0.2) is 0 Å². The average molecular weight is 250 g/mol. The van der Waals surface area contributed by atoms with Crippen LogP contribution < -0.4 is 0 Å². The molecule has 1 rings (SSSR count). The second kappa shape index (κ2) is 6.74. The molecule has 0 aromatic carbocycles. The standard InChI is InChI=1S/C13H18N2O3/c1-3-12(16)15(8-10(2)13(17)18)9-11-4-6-14-7-5-11/h4-7,10H,3,8-9H2,1-2H3,(H,17,18). The molecule has 1 unspecified atom stereocenters. The second-order valence-electron chi connectivity index (χ2n) is 4.22. The van der Waals surface area contributed by atoms with E-state index in [1.54, 1.807) is 31.1 Å². The molecule has 1 aromatic rings. The number of carbonyl (C=O) groups is 2. The maximum atomic E-state index is 11.8. The zero-order valence-electron chi connectivity index (χ0n) is 10.7. The third-order valence-electron chi connectivity index (χ3n) is 2.69. The summed E-state index contributed by atoms with van der Waals surface area (Å²) in [5.74, 6) is -1.50. The van der Waals surface area contributed by atoms with Gasteiger partial charge in [-0.25, -0.2) is 0 Å². The Kier molecular flexibility index (Phi) is 5.30. The zero-order valence-corrected chi connectivity index (χ0v) is 10.7. The Morgan fingerprint density at radius 2 is 2.00 bits per heavy atom. The van der Waals surface area contributed by atoms with Gasteiger partial charge in [-0.2, -0.15) is 0 Å². The number of carboxylic acids is 1. The summed E-state index contributed by atoms with van der Waals surface area (Å²) >= 11 is 0. The van der Waals surface area contributed by atoms with Gasteiger partial charge >= 0.3 is 5.97 Å². The lowest BCUT2D eigenvalue weighted by molar-refractivity contribution is -0.143. The molecule has 0 saturated heterocycles. The lowest BCUT2D eigenvalue weighted by Crippen LogP contribution is -2.36. The molecule has 18 heavy (non-hydrogen) atoms. The molecule has 0 spiro atoms. The van der Waals surface area contributed by atoms with Crippen molar-refractivity contribution in [2.75, 3.05) is 6.54 Å². The number of pyridine rings is 1. The minimum atomic E-state index is -0.890. The van der Waals surface area contributed by atoms with Gasteiger partial charge < -0.3 is 10.0 Å². The molecule has 0 radical (unpaired) electrons. The van der Waals surface area contributed by atoms with Crippen molar-refractivity contribution in [3.63, 3.8) is 0 Å². The molecule has 0 aliphatic carbocycles. The molecule has 1 amide bonds. The second-order valence-corrected chi connectivity index (χ2v) is 4.22. The van der Waals surface area contributed by atoms with Crippen molar-refractivity contribution < 1.29 is 14.7 Å². The van der Waals surface area contributed by atoms with E-state index < -0.39 is 11.9 Å². The summed E-state index contributed by atoms with van der Waals surface area (Å²) in [5, 5.41) is 8.90. The van der Waals surface area contributed by atoms with Crippen LogP contribution in [0.25, 0.3) is 0 Å². The monoisotopic (exact) mass is 250 g/mol. The molecule has 0 bridgehead atoms. The maximum Gasteiger partial charge on any atom is 0.308 e. The Morgan fingerprint density at radius 3 is 2.50 bits per heavy atom. The highest BCUT2D eigenvalue weighted by molar-refractivity contribution is 5.77. The van der Waals surface area contributed by atoms with Crippen LogP contribution in [0.15, 0.2) is 24.5 Å². The smallest absolute Gasteiger partial charge is 0.308 e. The highest BCUT2D eigenvalue weighted by Crippen LogP contribution is 2.09. The van der Waals surface area contributed by atoms with Crippen molar-refractivity contribution in [2.45, 2.75) is 26.8 Å². The van der Waals surface area contributed by atoms with Gasteiger partial charge in [0.05, 0.1) is 5.92 Å². The van der Waals surface area contributed by atoms with E-state index in [4.69, 9.17) is 5.11 Å². The van der Waals surface area contributed by atoms with E-state index >= 15 is 0 Å². The summed E-state index contributed by atoms with van der Waals surface area (Å²) in [6.07, 6.45) is 3.69. The van der Waals surface area contributed by atoms with Gasteiger partial charge in [-0.1, -0.05) is 13.8 Å². The van der Waals surface area contributed by atoms with Crippen LogP contribution in [0.5, 0.6) is 0 Å². The summed E-state index contributed by atoms with van der Waals surface area (Å²) < 4.78 is 0. The van der Waals surface area contributed by atoms with Crippen LogP contribution in [0.3, 0.4) is 0 Å². The molecular formula is C13H18N2O3. The molecule has 1 atom stereocenters. The van der Waals surface area contributed by atoms with Crippen LogP contribution in [0.4, 0.5) is 0 Å². The van der Waals surface area contributed by atoms with E-state index in [1.807, 2.05) is 12.1 Å². The van der Waals surface area contributed by atoms with Crippen molar-refractivity contribution in [1.29, 1.82) is 0 Å². The number of carbonyl (C=O) groups excluding carboxylic acids is 1. The van der Waals surface area contributed by atoms with Gasteiger partial charge in [-0.15, -0.1) is 0 Å². The fourth-order valence-electron chi connectivity index (χ4n) is 1.60. The summed E-state index contributed by atoms with van der Waals surface area (Å²) in [6, 6.07) is 3.64. The van der Waals surface area contributed by atoms with Gasteiger partial charge in [0, 0.05) is 31.9 Å². The molecule has 98 valence electrons. The fourth-order valence-corrected chi connectivity index (χ4v) is 1.60. The van der Waals surface area contributed by atoms with Gasteiger partial charge in [-0.3, -0.25) is 14.6 Å². The van der Waals surface area contributed by atoms with E-state index in [2.05, 4.69) is 4.98 Å². The molecule has 5 nitrogen and oxygen atoms in total. The van der Waals surface area contributed by atoms with Crippen LogP contribution in [0.2, 0.25) is 0 Å². The number of hydrogen-bond donors (Lipinski definition) is 1. The van der Waals surface area contributed by atoms with E-state index in [9.17, 15) is 9.59 Å². The zero-order chi connectivity index (χ0) is 13.5. The molecule has 0 aliphatic heterocycles. The first-order valence-electron chi connectivity index (χ1n) is 5.94. The minimum absolute atomic E-state index is 0.0417. The average Bonchev–Trinajstić information content (AvgIpc) is 2.38. The molecule has 0 fully saturated rings. The molecule has 0 aliphatic rings. The van der Waals surface area contributed by atoms with E-state index in [0.717, 1.165) is 5.56 Å². The normalized spacial score (nSPS) is 11.9. The van der Waals surface area contributed by atoms with Crippen LogP contribution >= 0.6 is 0 Å². The number of amides is 1. The lowest BCUT2D eigenvalue weighted by Gasteiger charge is -2.24. The minimum Gasteiger partial charge on any atom is -0.481 e. The first kappa shape index (κ1) is 14.2. The maximum absolute atomic E-state index is 11.8. The summed E-state index contributed by atoms with van der Waals surface area (Å²) in [4.78, 5) is 28.1. The summed E-state index contributed by atoms with van der Waals surface area (Å²) in [5.41, 5.74) is 0.949. The topological polar surface area (TPSA) is 70.5 Å². The number of rotatable bonds is 6. The Bertz CT molecular complexity index is 406. The van der Waals surface area contributed by atoms with Gasteiger partial charge in [0.25, 0.3) is 0 Å². The third kappa shape index (κ3) is 4.16. The van der Waals surface area contributed by atoms with Crippen molar-refractivity contribution in [3.05, 3.63) is 30.1 Å². The van der Waals surface area contributed by atoms with E-state index in [1.165, 1.54) is 0 Å². The Balaban J connectivity index is 2.73. The molecule has 1 heterocycles.